The molecule has 2 aliphatic heterocycles. The summed E-state index contributed by atoms with van der Waals surface area (Å²) in [5.41, 5.74) is 2.29. The molecular weight excluding hydrogens is 430 g/mol. The van der Waals surface area contributed by atoms with E-state index in [9.17, 15) is 19.7 Å². The molecule has 2 heterocycles. The smallest absolute Gasteiger partial charge is 0.316 e. The van der Waals surface area contributed by atoms with Crippen LogP contribution in [0.15, 0.2) is 47.7 Å². The topological polar surface area (TPSA) is 129 Å². The zero-order valence-electron chi connectivity index (χ0n) is 17.9. The van der Waals surface area contributed by atoms with Gasteiger partial charge < -0.3 is 24.8 Å². The van der Waals surface area contributed by atoms with Crippen molar-refractivity contribution in [1.82, 2.24) is 0 Å². The van der Waals surface area contributed by atoms with Gasteiger partial charge in [0.15, 0.2) is 17.3 Å². The summed E-state index contributed by atoms with van der Waals surface area (Å²) in [6, 6.07) is 9.27. The number of esters is 1. The molecule has 170 valence electrons. The van der Waals surface area contributed by atoms with E-state index in [1.54, 1.807) is 0 Å². The van der Waals surface area contributed by atoms with Gasteiger partial charge in [-0.3, -0.25) is 19.7 Å². The van der Waals surface area contributed by atoms with Crippen LogP contribution < -0.4 is 20.1 Å². The van der Waals surface area contributed by atoms with E-state index in [2.05, 4.69) is 10.6 Å². The lowest BCUT2D eigenvalue weighted by molar-refractivity contribution is -0.385. The Morgan fingerprint density at radius 2 is 1.88 bits per heavy atom. The Morgan fingerprint density at radius 3 is 2.58 bits per heavy atom. The minimum atomic E-state index is -1.01. The number of carbonyl (C=O) groups excluding carboxylic acids is 2. The average molecular weight is 451 g/mol. The predicted octanol–water partition coefficient (Wildman–Crippen LogP) is 3.55. The quantitative estimate of drug-likeness (QED) is 0.311. The number of ether oxygens (including phenoxy) is 3. The number of rotatable bonds is 3. The van der Waals surface area contributed by atoms with Crippen LogP contribution in [-0.2, 0) is 14.3 Å². The Balaban J connectivity index is 1.73. The predicted molar refractivity (Wildman–Crippen MR) is 117 cm³/mol. The van der Waals surface area contributed by atoms with Gasteiger partial charge in [-0.1, -0.05) is 19.1 Å². The highest BCUT2D eigenvalue weighted by Crippen LogP contribution is 2.48. The number of Topliss-reactive ketones (excluding diaryl/α,β-unsaturated/α-hetero) is 1. The lowest BCUT2D eigenvalue weighted by Gasteiger charge is -2.32. The number of hydrogen-bond donors (Lipinski definition) is 2. The number of nitro groups is 1. The second kappa shape index (κ2) is 7.80. The van der Waals surface area contributed by atoms with Crippen molar-refractivity contribution in [2.24, 2.45) is 11.8 Å². The maximum absolute atomic E-state index is 13.7. The number of para-hydroxylation sites is 2. The van der Waals surface area contributed by atoms with Crippen molar-refractivity contribution in [3.63, 3.8) is 0 Å². The Hall–Kier alpha value is -4.08. The van der Waals surface area contributed by atoms with Gasteiger partial charge in [0, 0.05) is 11.3 Å². The number of nitrogens with zero attached hydrogens (tertiary/aromatic N) is 1. The minimum absolute atomic E-state index is 0.0484. The van der Waals surface area contributed by atoms with Crippen molar-refractivity contribution >= 4 is 28.8 Å². The number of ketones is 1. The van der Waals surface area contributed by atoms with Crippen LogP contribution in [0.1, 0.15) is 24.9 Å². The maximum atomic E-state index is 13.7. The molecule has 10 nitrogen and oxygen atoms in total. The van der Waals surface area contributed by atoms with Gasteiger partial charge in [0.2, 0.25) is 6.79 Å². The van der Waals surface area contributed by atoms with E-state index in [0.29, 0.717) is 23.6 Å². The zero-order chi connectivity index (χ0) is 23.3. The standard InChI is InChI=1S/C23H21N3O7/c1-11-7-15-20(22(27)19(11)23(28)31-2)21(25-14-6-4-3-5-13(14)24-15)12-8-17-18(33-10-32-17)9-16(12)26(29)30/h3-6,8-9,11,19,21,24-25H,7,10H2,1-2H3/t11-,19+,21-/m1/s1. The van der Waals surface area contributed by atoms with Gasteiger partial charge in [0.25, 0.3) is 5.69 Å². The maximum Gasteiger partial charge on any atom is 0.316 e. The highest BCUT2D eigenvalue weighted by atomic mass is 16.7. The molecule has 0 saturated carbocycles. The van der Waals surface area contributed by atoms with E-state index < -0.39 is 28.6 Å². The number of anilines is 2. The van der Waals surface area contributed by atoms with E-state index in [-0.39, 0.29) is 35.3 Å². The lowest BCUT2D eigenvalue weighted by atomic mass is 9.74. The summed E-state index contributed by atoms with van der Waals surface area (Å²) < 4.78 is 15.7. The third-order valence-corrected chi connectivity index (χ3v) is 6.25. The van der Waals surface area contributed by atoms with Crippen LogP contribution in [0.3, 0.4) is 0 Å². The summed E-state index contributed by atoms with van der Waals surface area (Å²) in [5, 5.41) is 18.6. The van der Waals surface area contributed by atoms with E-state index in [4.69, 9.17) is 14.2 Å². The third kappa shape index (κ3) is 3.34. The summed E-state index contributed by atoms with van der Waals surface area (Å²) in [5.74, 6) is -1.75. The summed E-state index contributed by atoms with van der Waals surface area (Å²) in [4.78, 5) is 37.7. The van der Waals surface area contributed by atoms with Crippen LogP contribution in [0.2, 0.25) is 0 Å². The molecule has 33 heavy (non-hydrogen) atoms. The van der Waals surface area contributed by atoms with Crippen molar-refractivity contribution in [2.75, 3.05) is 24.5 Å². The SMILES string of the molecule is COC(=O)[C@@H]1C(=O)C2=C(C[C@H]1C)Nc1ccccc1N[C@@H]2c1cc2c(cc1[N+](=O)[O-])OCO2. The van der Waals surface area contributed by atoms with Crippen LogP contribution in [0, 0.1) is 22.0 Å². The fourth-order valence-corrected chi connectivity index (χ4v) is 4.70. The van der Waals surface area contributed by atoms with Gasteiger partial charge in [0.05, 0.1) is 41.1 Å². The number of carbonyl (C=O) groups is 2. The van der Waals surface area contributed by atoms with Gasteiger partial charge in [-0.15, -0.1) is 0 Å². The van der Waals surface area contributed by atoms with Crippen LogP contribution in [-0.4, -0.2) is 30.6 Å². The van der Waals surface area contributed by atoms with Gasteiger partial charge in [0.1, 0.15) is 5.92 Å². The molecule has 0 aromatic heterocycles. The van der Waals surface area contributed by atoms with Crippen LogP contribution in [0.25, 0.3) is 0 Å². The Morgan fingerprint density at radius 1 is 1.18 bits per heavy atom. The average Bonchev–Trinajstić information content (AvgIpc) is 3.18. The largest absolute Gasteiger partial charge is 0.468 e. The fourth-order valence-electron chi connectivity index (χ4n) is 4.70. The second-order valence-electron chi connectivity index (χ2n) is 8.21. The van der Waals surface area contributed by atoms with Gasteiger partial charge in [-0.2, -0.15) is 0 Å². The number of hydrogen-bond acceptors (Lipinski definition) is 9. The van der Waals surface area contributed by atoms with E-state index in [1.165, 1.54) is 19.2 Å². The Kier molecular flexibility index (Phi) is 4.92. The number of benzene rings is 2. The summed E-state index contributed by atoms with van der Waals surface area (Å²) in [7, 11) is 1.24. The first-order chi connectivity index (χ1) is 15.9. The first-order valence-electron chi connectivity index (χ1n) is 10.4. The van der Waals surface area contributed by atoms with E-state index in [0.717, 1.165) is 5.69 Å². The van der Waals surface area contributed by atoms with E-state index >= 15 is 0 Å². The van der Waals surface area contributed by atoms with Crippen LogP contribution >= 0.6 is 0 Å². The highest BCUT2D eigenvalue weighted by molar-refractivity contribution is 6.11. The molecule has 0 fully saturated rings. The number of methoxy groups -OCH3 is 1. The molecule has 0 amide bonds. The van der Waals surface area contributed by atoms with Gasteiger partial charge in [-0.25, -0.2) is 0 Å². The molecule has 2 N–H and O–H groups in total. The molecule has 2 aromatic rings. The van der Waals surface area contributed by atoms with Crippen molar-refractivity contribution < 1.29 is 28.7 Å². The van der Waals surface area contributed by atoms with Crippen LogP contribution in [0.4, 0.5) is 17.1 Å². The summed E-state index contributed by atoms with van der Waals surface area (Å²) >= 11 is 0. The number of nitro benzene ring substituents is 1. The van der Waals surface area contributed by atoms with Crippen molar-refractivity contribution in [1.29, 1.82) is 0 Å². The molecule has 3 aliphatic rings. The molecule has 10 heteroatoms. The number of allylic oxidation sites excluding steroid dienone is 1. The molecular formula is C23H21N3O7. The van der Waals surface area contributed by atoms with Crippen molar-refractivity contribution in [3.8, 4) is 11.5 Å². The van der Waals surface area contributed by atoms with Gasteiger partial charge in [-0.05, 0) is 30.5 Å². The summed E-state index contributed by atoms with van der Waals surface area (Å²) in [6.45, 7) is 1.76. The molecule has 0 radical (unpaired) electrons. The normalized spacial score (nSPS) is 23.0. The van der Waals surface area contributed by atoms with Crippen molar-refractivity contribution in [3.05, 3.63) is 63.3 Å². The third-order valence-electron chi connectivity index (χ3n) is 6.25. The molecule has 0 bridgehead atoms. The summed E-state index contributed by atoms with van der Waals surface area (Å²) in [6.07, 6.45) is 0.395. The number of fused-ring (bicyclic) bond motifs is 2. The molecule has 2 aromatic carbocycles. The molecule has 0 spiro atoms. The first-order valence-corrected chi connectivity index (χ1v) is 10.4. The van der Waals surface area contributed by atoms with Crippen LogP contribution in [0.5, 0.6) is 11.5 Å². The van der Waals surface area contributed by atoms with Gasteiger partial charge >= 0.3 is 5.97 Å². The minimum Gasteiger partial charge on any atom is -0.468 e. The molecule has 1 aliphatic carbocycles. The lowest BCUT2D eigenvalue weighted by Crippen LogP contribution is -2.39. The monoisotopic (exact) mass is 451 g/mol. The Bertz CT molecular complexity index is 1220. The first kappa shape index (κ1) is 20.8. The molecule has 3 atom stereocenters. The molecule has 0 unspecified atom stereocenters. The zero-order valence-corrected chi connectivity index (χ0v) is 17.9. The van der Waals surface area contributed by atoms with E-state index in [1.807, 2.05) is 31.2 Å². The number of nitrogens with one attached hydrogen (secondary N) is 2. The second-order valence-corrected chi connectivity index (χ2v) is 8.21. The molecule has 0 saturated heterocycles. The fraction of sp³-hybridized carbons (Fsp3) is 0.304. The highest BCUT2D eigenvalue weighted by Gasteiger charge is 2.45. The molecule has 5 rings (SSSR count). The Labute approximate surface area is 188 Å². The van der Waals surface area contributed by atoms with Crippen molar-refractivity contribution in [2.45, 2.75) is 19.4 Å².